The first-order chi connectivity index (χ1) is 8.79. The molecule has 18 heavy (non-hydrogen) atoms. The number of carboxylic acid groups (broad SMARTS) is 1. The first-order valence-corrected chi connectivity index (χ1v) is 9.67. The summed E-state index contributed by atoms with van der Waals surface area (Å²) >= 11 is 0. The lowest BCUT2D eigenvalue weighted by molar-refractivity contribution is -0.137. The molecule has 2 nitrogen and oxygen atoms in total. The van der Waals surface area contributed by atoms with Gasteiger partial charge in [0.1, 0.15) is 0 Å². The van der Waals surface area contributed by atoms with Crippen LogP contribution < -0.4 is 0 Å². The lowest BCUT2D eigenvalue weighted by atomic mass is 10.1. The summed E-state index contributed by atoms with van der Waals surface area (Å²) in [6, 6.07) is 0. The summed E-state index contributed by atoms with van der Waals surface area (Å²) in [5.41, 5.74) is 0. The van der Waals surface area contributed by atoms with Crippen molar-refractivity contribution in [2.45, 2.75) is 75.9 Å². The van der Waals surface area contributed by atoms with E-state index in [-0.39, 0.29) is 0 Å². The van der Waals surface area contributed by atoms with Crippen molar-refractivity contribution >= 4 is 27.6 Å². The summed E-state index contributed by atoms with van der Waals surface area (Å²) < 4.78 is 0. The maximum atomic E-state index is 10.3. The molecule has 0 aliphatic carbocycles. The molecule has 0 spiro atoms. The van der Waals surface area contributed by atoms with Crippen LogP contribution in [0.25, 0.3) is 0 Å². The number of carbonyl (C=O) groups is 1. The van der Waals surface area contributed by atoms with Crippen LogP contribution in [0, 0.1) is 0 Å². The Balaban J connectivity index is 1.72. The van der Waals surface area contributed by atoms with Gasteiger partial charge in [-0.05, 0) is 19.3 Å². The van der Waals surface area contributed by atoms with Crippen LogP contribution in [0.2, 0.25) is 0 Å². The molecule has 4 heteroatoms. The van der Waals surface area contributed by atoms with Crippen LogP contribution in [-0.2, 0) is 4.79 Å². The highest BCUT2D eigenvalue weighted by Crippen LogP contribution is 2.39. The van der Waals surface area contributed by atoms with Crippen molar-refractivity contribution in [3.05, 3.63) is 0 Å². The second-order valence-electron chi connectivity index (χ2n) is 5.09. The minimum absolute atomic E-state index is 0.344. The van der Waals surface area contributed by atoms with Gasteiger partial charge in [0.15, 0.2) is 0 Å². The number of hydrogen-bond acceptors (Lipinski definition) is 3. The number of hydrogen-bond donors (Lipinski definition) is 1. The van der Waals surface area contributed by atoms with Crippen molar-refractivity contribution in [2.24, 2.45) is 0 Å². The lowest BCUT2D eigenvalue weighted by Crippen LogP contribution is -1.96. The first-order valence-electron chi connectivity index (χ1n) is 7.29. The molecule has 1 aliphatic heterocycles. The van der Waals surface area contributed by atoms with Gasteiger partial charge in [-0.15, -0.1) is 0 Å². The molecule has 1 fully saturated rings. The number of aliphatic carboxylic acids is 1. The monoisotopic (exact) mass is 290 g/mol. The fourth-order valence-electron chi connectivity index (χ4n) is 2.27. The molecule has 0 amide bonds. The number of carboxylic acids is 1. The van der Waals surface area contributed by atoms with E-state index in [0.29, 0.717) is 6.42 Å². The third-order valence-corrected chi connectivity index (χ3v) is 6.40. The Labute approximate surface area is 119 Å². The van der Waals surface area contributed by atoms with E-state index >= 15 is 0 Å². The third-order valence-electron chi connectivity index (χ3n) is 3.39. The zero-order valence-corrected chi connectivity index (χ0v) is 12.9. The summed E-state index contributed by atoms with van der Waals surface area (Å²) in [6.07, 6.45) is 13.1. The molecule has 1 aliphatic rings. The van der Waals surface area contributed by atoms with Gasteiger partial charge >= 0.3 is 5.97 Å². The average Bonchev–Trinajstić information content (AvgIpc) is 2.84. The Bertz CT molecular complexity index is 216. The second kappa shape index (κ2) is 11.0. The van der Waals surface area contributed by atoms with E-state index in [1.165, 1.54) is 57.1 Å². The van der Waals surface area contributed by atoms with E-state index < -0.39 is 5.97 Å². The van der Waals surface area contributed by atoms with E-state index in [4.69, 9.17) is 5.11 Å². The zero-order valence-electron chi connectivity index (χ0n) is 11.2. The lowest BCUT2D eigenvalue weighted by Gasteiger charge is -2.06. The SMILES string of the molecule is O=C(O)CCCCCCCCCCC1CCSS1. The second-order valence-corrected chi connectivity index (χ2v) is 7.88. The van der Waals surface area contributed by atoms with Crippen LogP contribution in [-0.4, -0.2) is 22.1 Å². The minimum Gasteiger partial charge on any atom is -0.481 e. The summed E-state index contributed by atoms with van der Waals surface area (Å²) in [6.45, 7) is 0. The molecule has 1 N–H and O–H groups in total. The number of unbranched alkanes of at least 4 members (excludes halogenated alkanes) is 7. The smallest absolute Gasteiger partial charge is 0.303 e. The van der Waals surface area contributed by atoms with Crippen molar-refractivity contribution < 1.29 is 9.90 Å². The van der Waals surface area contributed by atoms with Gasteiger partial charge in [0, 0.05) is 17.4 Å². The number of rotatable bonds is 11. The van der Waals surface area contributed by atoms with Gasteiger partial charge in [0.2, 0.25) is 0 Å². The van der Waals surface area contributed by atoms with Crippen molar-refractivity contribution in [1.29, 1.82) is 0 Å². The van der Waals surface area contributed by atoms with Gasteiger partial charge in [-0.1, -0.05) is 66.5 Å². The predicted molar refractivity (Wildman–Crippen MR) is 82.3 cm³/mol. The van der Waals surface area contributed by atoms with Crippen LogP contribution in [0.4, 0.5) is 0 Å². The highest BCUT2D eigenvalue weighted by molar-refractivity contribution is 8.77. The fraction of sp³-hybridized carbons (Fsp3) is 0.929. The van der Waals surface area contributed by atoms with Crippen LogP contribution in [0.15, 0.2) is 0 Å². The van der Waals surface area contributed by atoms with Gasteiger partial charge in [-0.25, -0.2) is 0 Å². The van der Waals surface area contributed by atoms with Crippen molar-refractivity contribution in [2.75, 3.05) is 5.75 Å². The molecule has 0 saturated carbocycles. The van der Waals surface area contributed by atoms with E-state index in [9.17, 15) is 4.79 Å². The molecule has 0 bridgehead atoms. The first kappa shape index (κ1) is 16.2. The van der Waals surface area contributed by atoms with Gasteiger partial charge in [0.25, 0.3) is 0 Å². The summed E-state index contributed by atoms with van der Waals surface area (Å²) in [7, 11) is 4.13. The highest BCUT2D eigenvalue weighted by atomic mass is 33.1. The predicted octanol–water partition coefficient (Wildman–Crippen LogP) is 5.13. The van der Waals surface area contributed by atoms with Gasteiger partial charge < -0.3 is 5.11 Å². The van der Waals surface area contributed by atoms with E-state index in [1.54, 1.807) is 0 Å². The van der Waals surface area contributed by atoms with Crippen molar-refractivity contribution in [3.63, 3.8) is 0 Å². The Kier molecular flexibility index (Phi) is 9.95. The molecule has 0 aromatic carbocycles. The molecular formula is C14H26O2S2. The molecule has 106 valence electrons. The highest BCUT2D eigenvalue weighted by Gasteiger charge is 2.15. The Hall–Kier alpha value is 0.170. The average molecular weight is 290 g/mol. The van der Waals surface area contributed by atoms with Crippen LogP contribution in [0.5, 0.6) is 0 Å². The standard InChI is InChI=1S/C14H26O2S2/c15-14(16)10-8-6-4-2-1-3-5-7-9-13-11-12-17-18-13/h13H,1-12H2,(H,15,16). The van der Waals surface area contributed by atoms with Gasteiger partial charge in [-0.3, -0.25) is 4.79 Å². The Morgan fingerprint density at radius 2 is 1.61 bits per heavy atom. The normalized spacial score (nSPS) is 19.2. The summed E-state index contributed by atoms with van der Waals surface area (Å²) in [5.74, 6) is 0.698. The van der Waals surface area contributed by atoms with E-state index in [2.05, 4.69) is 10.8 Å². The van der Waals surface area contributed by atoms with Gasteiger partial charge in [-0.2, -0.15) is 0 Å². The van der Waals surface area contributed by atoms with Crippen LogP contribution in [0.1, 0.15) is 70.6 Å². The maximum absolute atomic E-state index is 10.3. The quantitative estimate of drug-likeness (QED) is 0.423. The molecule has 0 aromatic heterocycles. The molecule has 1 rings (SSSR count). The molecule has 1 atom stereocenters. The molecule has 1 unspecified atom stereocenters. The van der Waals surface area contributed by atoms with Crippen LogP contribution >= 0.6 is 21.6 Å². The zero-order chi connectivity index (χ0) is 13.1. The Morgan fingerprint density at radius 3 is 2.17 bits per heavy atom. The minimum atomic E-state index is -0.655. The summed E-state index contributed by atoms with van der Waals surface area (Å²) in [5, 5.41) is 9.44. The van der Waals surface area contributed by atoms with Crippen LogP contribution in [0.3, 0.4) is 0 Å². The van der Waals surface area contributed by atoms with Gasteiger partial charge in [0.05, 0.1) is 0 Å². The molecule has 1 saturated heterocycles. The fourth-order valence-corrected chi connectivity index (χ4v) is 5.30. The largest absolute Gasteiger partial charge is 0.481 e. The maximum Gasteiger partial charge on any atom is 0.303 e. The Morgan fingerprint density at radius 1 is 1.00 bits per heavy atom. The van der Waals surface area contributed by atoms with E-state index in [0.717, 1.165) is 18.1 Å². The third kappa shape index (κ3) is 9.15. The van der Waals surface area contributed by atoms with Crippen molar-refractivity contribution in [3.8, 4) is 0 Å². The molecular weight excluding hydrogens is 264 g/mol. The van der Waals surface area contributed by atoms with Crippen molar-refractivity contribution in [1.82, 2.24) is 0 Å². The molecule has 0 radical (unpaired) electrons. The molecule has 1 heterocycles. The summed E-state index contributed by atoms with van der Waals surface area (Å²) in [4.78, 5) is 10.3. The van der Waals surface area contributed by atoms with E-state index in [1.807, 2.05) is 10.8 Å². The molecule has 0 aromatic rings. The topological polar surface area (TPSA) is 37.3 Å².